The number of rotatable bonds is 5. The summed E-state index contributed by atoms with van der Waals surface area (Å²) in [6.07, 6.45) is -0.227. The van der Waals surface area contributed by atoms with E-state index in [1.165, 1.54) is 5.56 Å². The Morgan fingerprint density at radius 2 is 2.29 bits per heavy atom. The molecule has 0 saturated heterocycles. The number of ether oxygens (including phenoxy) is 1. The highest BCUT2D eigenvalue weighted by Gasteiger charge is 2.29. The highest BCUT2D eigenvalue weighted by molar-refractivity contribution is 5.94. The number of nitrogens with zero attached hydrogens (tertiary/aromatic N) is 3. The lowest BCUT2D eigenvalue weighted by molar-refractivity contribution is 0.0683. The van der Waals surface area contributed by atoms with E-state index in [-0.39, 0.29) is 18.7 Å². The number of carbonyl (C=O) groups is 1. The Morgan fingerprint density at radius 1 is 1.50 bits per heavy atom. The smallest absolute Gasteiger partial charge is 0.322 e. The topological polar surface area (TPSA) is 80.5 Å². The zero-order valence-electron chi connectivity index (χ0n) is 14.2. The van der Waals surface area contributed by atoms with E-state index < -0.39 is 0 Å². The van der Waals surface area contributed by atoms with Gasteiger partial charge in [-0.25, -0.2) is 4.79 Å². The van der Waals surface area contributed by atoms with Gasteiger partial charge < -0.3 is 14.6 Å². The number of para-hydroxylation sites is 1. The second-order valence-corrected chi connectivity index (χ2v) is 5.87. The van der Waals surface area contributed by atoms with Gasteiger partial charge in [0.1, 0.15) is 6.10 Å². The monoisotopic (exact) mass is 330 g/mol. The van der Waals surface area contributed by atoms with Crippen molar-refractivity contribution < 1.29 is 14.1 Å². The minimum atomic E-state index is -0.227. The van der Waals surface area contributed by atoms with Crippen LogP contribution in [0.25, 0.3) is 0 Å². The molecule has 128 valence electrons. The van der Waals surface area contributed by atoms with E-state index in [2.05, 4.69) is 28.4 Å². The first-order valence-corrected chi connectivity index (χ1v) is 8.18. The molecule has 2 heterocycles. The Morgan fingerprint density at radius 3 is 3.08 bits per heavy atom. The molecule has 0 unspecified atom stereocenters. The van der Waals surface area contributed by atoms with Gasteiger partial charge in [-0.2, -0.15) is 4.98 Å². The van der Waals surface area contributed by atoms with Crippen LogP contribution in [0.4, 0.5) is 10.5 Å². The molecule has 24 heavy (non-hydrogen) atoms. The maximum Gasteiger partial charge on any atom is 0.322 e. The zero-order valence-corrected chi connectivity index (χ0v) is 14.2. The van der Waals surface area contributed by atoms with Gasteiger partial charge in [-0.3, -0.25) is 4.90 Å². The Hall–Kier alpha value is -2.41. The fourth-order valence-corrected chi connectivity index (χ4v) is 2.89. The summed E-state index contributed by atoms with van der Waals surface area (Å²) in [6, 6.07) is 7.80. The summed E-state index contributed by atoms with van der Waals surface area (Å²) in [5.41, 5.74) is 2.15. The molecule has 2 aromatic rings. The largest absolute Gasteiger partial charge is 0.371 e. The van der Waals surface area contributed by atoms with Crippen molar-refractivity contribution in [2.24, 2.45) is 0 Å². The van der Waals surface area contributed by atoms with Crippen molar-refractivity contribution in [1.29, 1.82) is 0 Å². The molecular formula is C17H22N4O3. The van der Waals surface area contributed by atoms with Crippen molar-refractivity contribution in [3.05, 3.63) is 41.5 Å². The third-order valence-corrected chi connectivity index (χ3v) is 4.11. The number of amides is 2. The normalized spacial score (nSPS) is 17.6. The highest BCUT2D eigenvalue weighted by Crippen LogP contribution is 2.35. The lowest BCUT2D eigenvalue weighted by Crippen LogP contribution is -2.38. The van der Waals surface area contributed by atoms with E-state index in [1.807, 2.05) is 32.0 Å². The lowest BCUT2D eigenvalue weighted by Gasteiger charge is -2.17. The predicted molar refractivity (Wildman–Crippen MR) is 88.8 cm³/mol. The van der Waals surface area contributed by atoms with Crippen molar-refractivity contribution in [2.75, 3.05) is 18.1 Å². The molecule has 7 nitrogen and oxygen atoms in total. The molecular weight excluding hydrogens is 308 g/mol. The van der Waals surface area contributed by atoms with E-state index in [9.17, 15) is 4.79 Å². The average molecular weight is 330 g/mol. The number of fused-ring (bicyclic) bond motifs is 1. The van der Waals surface area contributed by atoms with Crippen LogP contribution in [0.15, 0.2) is 28.8 Å². The van der Waals surface area contributed by atoms with E-state index >= 15 is 0 Å². The molecule has 2 amide bonds. The molecule has 0 fully saturated rings. The molecule has 1 aromatic heterocycles. The maximum absolute atomic E-state index is 12.5. The van der Waals surface area contributed by atoms with Crippen LogP contribution in [0, 0.1) is 0 Å². The molecule has 1 aromatic carbocycles. The number of anilines is 1. The molecule has 0 spiro atoms. The predicted octanol–water partition coefficient (Wildman–Crippen LogP) is 3.00. The molecule has 1 aliphatic heterocycles. The molecule has 0 bridgehead atoms. The first kappa shape index (κ1) is 16.4. The van der Waals surface area contributed by atoms with Crippen LogP contribution >= 0.6 is 0 Å². The molecule has 0 radical (unpaired) electrons. The van der Waals surface area contributed by atoms with Crippen LogP contribution < -0.4 is 10.2 Å². The lowest BCUT2D eigenvalue weighted by atomic mass is 10.0. The fraction of sp³-hybridized carbons (Fsp3) is 0.471. The summed E-state index contributed by atoms with van der Waals surface area (Å²) in [5.74, 6) is 1.18. The minimum Gasteiger partial charge on any atom is -0.371 e. The molecule has 2 atom stereocenters. The summed E-state index contributed by atoms with van der Waals surface area (Å²) in [7, 11) is 0. The van der Waals surface area contributed by atoms with E-state index in [0.717, 1.165) is 5.69 Å². The summed E-state index contributed by atoms with van der Waals surface area (Å²) >= 11 is 0. The SMILES string of the molecule is CCO[C@@H](C)c1noc(CNC(=O)N2C[C@H](C)c3ccccc32)n1. The van der Waals surface area contributed by atoms with Crippen LogP contribution in [-0.2, 0) is 11.3 Å². The Labute approximate surface area is 141 Å². The minimum absolute atomic E-state index is 0.163. The van der Waals surface area contributed by atoms with Gasteiger partial charge in [-0.1, -0.05) is 30.3 Å². The number of carbonyl (C=O) groups excluding carboxylic acids is 1. The molecule has 0 aliphatic carbocycles. The molecule has 7 heteroatoms. The van der Waals surface area contributed by atoms with Crippen LogP contribution in [0.3, 0.4) is 0 Å². The molecule has 1 N–H and O–H groups in total. The number of benzene rings is 1. The Kier molecular flexibility index (Phi) is 4.80. The second-order valence-electron chi connectivity index (χ2n) is 5.87. The fourth-order valence-electron chi connectivity index (χ4n) is 2.89. The van der Waals surface area contributed by atoms with E-state index in [1.54, 1.807) is 4.90 Å². The third-order valence-electron chi connectivity index (χ3n) is 4.11. The summed E-state index contributed by atoms with van der Waals surface area (Å²) in [4.78, 5) is 18.5. The number of hydrogen-bond acceptors (Lipinski definition) is 5. The summed E-state index contributed by atoms with van der Waals surface area (Å²) < 4.78 is 10.6. The average Bonchev–Trinajstić information content (AvgIpc) is 3.19. The number of hydrogen-bond donors (Lipinski definition) is 1. The van der Waals surface area contributed by atoms with Crippen LogP contribution in [0.1, 0.15) is 50.1 Å². The van der Waals surface area contributed by atoms with Gasteiger partial charge in [0.05, 0.1) is 6.54 Å². The van der Waals surface area contributed by atoms with Crippen molar-refractivity contribution in [1.82, 2.24) is 15.5 Å². The number of urea groups is 1. The summed E-state index contributed by atoms with van der Waals surface area (Å²) in [5, 5.41) is 6.72. The molecule has 1 aliphatic rings. The van der Waals surface area contributed by atoms with Gasteiger partial charge in [0.15, 0.2) is 5.82 Å². The zero-order chi connectivity index (χ0) is 17.1. The first-order chi connectivity index (χ1) is 11.6. The number of aromatic nitrogens is 2. The van der Waals surface area contributed by atoms with Gasteiger partial charge >= 0.3 is 6.03 Å². The quantitative estimate of drug-likeness (QED) is 0.911. The van der Waals surface area contributed by atoms with Crippen molar-refractivity contribution in [3.8, 4) is 0 Å². The van der Waals surface area contributed by atoms with Crippen LogP contribution in [-0.4, -0.2) is 29.3 Å². The van der Waals surface area contributed by atoms with Gasteiger partial charge in [0, 0.05) is 24.8 Å². The Bertz CT molecular complexity index is 715. The van der Waals surface area contributed by atoms with Crippen LogP contribution in [0.2, 0.25) is 0 Å². The van der Waals surface area contributed by atoms with E-state index in [4.69, 9.17) is 9.26 Å². The van der Waals surface area contributed by atoms with Gasteiger partial charge in [-0.15, -0.1) is 0 Å². The van der Waals surface area contributed by atoms with Crippen molar-refractivity contribution >= 4 is 11.7 Å². The highest BCUT2D eigenvalue weighted by atomic mass is 16.5. The second kappa shape index (κ2) is 7.00. The molecule has 0 saturated carbocycles. The Balaban J connectivity index is 1.61. The van der Waals surface area contributed by atoms with E-state index in [0.29, 0.717) is 30.8 Å². The first-order valence-electron chi connectivity index (χ1n) is 8.18. The van der Waals surface area contributed by atoms with Gasteiger partial charge in [0.2, 0.25) is 5.89 Å². The standard InChI is InChI=1S/C17H22N4O3/c1-4-23-12(3)16-19-15(24-20-16)9-18-17(22)21-10-11(2)13-7-5-6-8-14(13)21/h5-8,11-12H,4,9-10H2,1-3H3,(H,18,22)/t11-,12-/m0/s1. The van der Waals surface area contributed by atoms with Gasteiger partial charge in [-0.05, 0) is 25.5 Å². The van der Waals surface area contributed by atoms with Crippen LogP contribution in [0.5, 0.6) is 0 Å². The van der Waals surface area contributed by atoms with Gasteiger partial charge in [0.25, 0.3) is 0 Å². The molecule has 3 rings (SSSR count). The van der Waals surface area contributed by atoms with Crippen molar-refractivity contribution in [2.45, 2.75) is 39.3 Å². The third kappa shape index (κ3) is 3.26. The van der Waals surface area contributed by atoms with Crippen molar-refractivity contribution in [3.63, 3.8) is 0 Å². The maximum atomic E-state index is 12.5. The number of nitrogens with one attached hydrogen (secondary N) is 1. The summed E-state index contributed by atoms with van der Waals surface area (Å²) in [6.45, 7) is 7.32.